The van der Waals surface area contributed by atoms with Gasteiger partial charge in [-0.05, 0) is 48.3 Å². The van der Waals surface area contributed by atoms with Crippen molar-refractivity contribution in [1.82, 2.24) is 20.9 Å². The monoisotopic (exact) mass is 396 g/mol. The fourth-order valence-corrected chi connectivity index (χ4v) is 5.33. The van der Waals surface area contributed by atoms with Crippen molar-refractivity contribution in [2.24, 2.45) is 5.41 Å². The molecule has 1 aliphatic carbocycles. The zero-order valence-electron chi connectivity index (χ0n) is 16.6. The number of hydrogen-bond acceptors (Lipinski definition) is 5. The zero-order chi connectivity index (χ0) is 20.0. The second-order valence-electron chi connectivity index (χ2n) is 9.16. The normalized spacial score (nSPS) is 27.9. The Morgan fingerprint density at radius 2 is 2.07 bits per heavy atom. The van der Waals surface area contributed by atoms with E-state index in [1.54, 1.807) is 4.90 Å². The highest BCUT2D eigenvalue weighted by atomic mass is 16.2. The molecule has 3 aliphatic heterocycles. The Labute approximate surface area is 170 Å². The molecule has 1 spiro atoms. The van der Waals surface area contributed by atoms with Crippen molar-refractivity contribution in [3.8, 4) is 0 Å². The lowest BCUT2D eigenvalue weighted by molar-refractivity contribution is -0.136. The Balaban J connectivity index is 1.18. The zero-order valence-corrected chi connectivity index (χ0v) is 16.6. The molecule has 0 bridgehead atoms. The van der Waals surface area contributed by atoms with Gasteiger partial charge in [-0.25, -0.2) is 0 Å². The van der Waals surface area contributed by atoms with Crippen molar-refractivity contribution in [1.29, 1.82) is 0 Å². The van der Waals surface area contributed by atoms with Gasteiger partial charge < -0.3 is 15.5 Å². The summed E-state index contributed by atoms with van der Waals surface area (Å²) in [6.07, 6.45) is 6.06. The number of benzene rings is 1. The maximum absolute atomic E-state index is 12.9. The van der Waals surface area contributed by atoms with Crippen molar-refractivity contribution in [3.63, 3.8) is 0 Å². The highest BCUT2D eigenvalue weighted by Gasteiger charge is 2.43. The molecule has 154 valence electrons. The van der Waals surface area contributed by atoms with E-state index in [0.29, 0.717) is 30.0 Å². The lowest BCUT2D eigenvalue weighted by Gasteiger charge is -2.37. The molecule has 1 aromatic carbocycles. The van der Waals surface area contributed by atoms with Crippen LogP contribution in [0.1, 0.15) is 60.0 Å². The first-order chi connectivity index (χ1) is 14.0. The number of fused-ring (bicyclic) bond motifs is 1. The molecule has 3 fully saturated rings. The second-order valence-corrected chi connectivity index (χ2v) is 9.16. The Hall–Kier alpha value is -2.25. The minimum atomic E-state index is -0.554. The standard InChI is InChI=1S/C22H28N4O3/c27-19-5-4-18(20(28)25-19)26-12-15-3-2-14(8-17(15)21(26)29)10-23-11-16-9-22(13-24-16)6-1-7-22/h2-3,8,16,18,23-24H,1,4-7,9-13H2,(H,25,27,28). The predicted molar refractivity (Wildman–Crippen MR) is 107 cm³/mol. The molecule has 4 aliphatic rings. The van der Waals surface area contributed by atoms with E-state index in [9.17, 15) is 14.4 Å². The molecule has 5 rings (SSSR count). The van der Waals surface area contributed by atoms with E-state index in [0.717, 1.165) is 30.8 Å². The summed E-state index contributed by atoms with van der Waals surface area (Å²) in [6, 6.07) is 5.98. The van der Waals surface area contributed by atoms with Crippen LogP contribution < -0.4 is 16.0 Å². The summed E-state index contributed by atoms with van der Waals surface area (Å²) < 4.78 is 0. The number of nitrogens with zero attached hydrogens (tertiary/aromatic N) is 1. The molecule has 3 amide bonds. The molecule has 1 saturated carbocycles. The Morgan fingerprint density at radius 3 is 2.79 bits per heavy atom. The summed E-state index contributed by atoms with van der Waals surface area (Å²) in [7, 11) is 0. The van der Waals surface area contributed by atoms with E-state index >= 15 is 0 Å². The lowest BCUT2D eigenvalue weighted by atomic mass is 9.67. The molecule has 2 unspecified atom stereocenters. The SMILES string of the molecule is O=C1CCC(N2Cc3ccc(CNCC4CC5(CCC5)CN4)cc3C2=O)C(=O)N1. The van der Waals surface area contributed by atoms with Gasteiger partial charge in [0.15, 0.2) is 0 Å². The summed E-state index contributed by atoms with van der Waals surface area (Å²) in [6.45, 7) is 3.25. The van der Waals surface area contributed by atoms with E-state index in [4.69, 9.17) is 0 Å². The first-order valence-electron chi connectivity index (χ1n) is 10.7. The number of amides is 3. The number of rotatable bonds is 5. The topological polar surface area (TPSA) is 90.5 Å². The Morgan fingerprint density at radius 1 is 1.21 bits per heavy atom. The first kappa shape index (κ1) is 18.8. The van der Waals surface area contributed by atoms with Gasteiger partial charge in [0.25, 0.3) is 5.91 Å². The average molecular weight is 396 g/mol. The smallest absolute Gasteiger partial charge is 0.255 e. The summed E-state index contributed by atoms with van der Waals surface area (Å²) >= 11 is 0. The van der Waals surface area contributed by atoms with Gasteiger partial charge >= 0.3 is 0 Å². The average Bonchev–Trinajstić information content (AvgIpc) is 3.24. The molecule has 1 aromatic rings. The van der Waals surface area contributed by atoms with Crippen LogP contribution in [0.15, 0.2) is 18.2 Å². The van der Waals surface area contributed by atoms with Crippen LogP contribution in [0.2, 0.25) is 0 Å². The van der Waals surface area contributed by atoms with Crippen molar-refractivity contribution in [2.45, 2.75) is 63.7 Å². The van der Waals surface area contributed by atoms with Gasteiger partial charge in [-0.15, -0.1) is 0 Å². The molecular formula is C22H28N4O3. The van der Waals surface area contributed by atoms with Gasteiger partial charge in [0.2, 0.25) is 11.8 Å². The molecule has 0 aromatic heterocycles. The Kier molecular flexibility index (Phi) is 4.67. The van der Waals surface area contributed by atoms with Crippen LogP contribution in [0.3, 0.4) is 0 Å². The molecule has 7 heteroatoms. The van der Waals surface area contributed by atoms with Gasteiger partial charge in [0.1, 0.15) is 6.04 Å². The van der Waals surface area contributed by atoms with Gasteiger partial charge in [-0.1, -0.05) is 18.6 Å². The van der Waals surface area contributed by atoms with Crippen LogP contribution in [-0.4, -0.2) is 47.8 Å². The quantitative estimate of drug-likeness (QED) is 0.648. The Bertz CT molecular complexity index is 864. The highest BCUT2D eigenvalue weighted by Crippen LogP contribution is 2.46. The van der Waals surface area contributed by atoms with Gasteiger partial charge in [0, 0.05) is 44.2 Å². The van der Waals surface area contributed by atoms with Crippen LogP contribution in [-0.2, 0) is 22.7 Å². The van der Waals surface area contributed by atoms with Gasteiger partial charge in [-0.3, -0.25) is 19.7 Å². The highest BCUT2D eigenvalue weighted by molar-refractivity contribution is 6.05. The van der Waals surface area contributed by atoms with Crippen LogP contribution in [0, 0.1) is 5.41 Å². The number of carbonyl (C=O) groups excluding carboxylic acids is 3. The number of piperidine rings is 1. The van der Waals surface area contributed by atoms with E-state index in [1.807, 2.05) is 12.1 Å². The van der Waals surface area contributed by atoms with Crippen LogP contribution in [0.5, 0.6) is 0 Å². The van der Waals surface area contributed by atoms with Crippen molar-refractivity contribution in [2.75, 3.05) is 13.1 Å². The van der Waals surface area contributed by atoms with Gasteiger partial charge in [-0.2, -0.15) is 0 Å². The fraction of sp³-hybridized carbons (Fsp3) is 0.591. The van der Waals surface area contributed by atoms with E-state index in [-0.39, 0.29) is 24.1 Å². The summed E-state index contributed by atoms with van der Waals surface area (Å²) in [5, 5.41) is 9.53. The minimum absolute atomic E-state index is 0.110. The van der Waals surface area contributed by atoms with Crippen LogP contribution in [0.25, 0.3) is 0 Å². The molecule has 3 heterocycles. The molecule has 2 atom stereocenters. The number of carbonyl (C=O) groups is 3. The van der Waals surface area contributed by atoms with Crippen molar-refractivity contribution in [3.05, 3.63) is 34.9 Å². The van der Waals surface area contributed by atoms with Gasteiger partial charge in [0.05, 0.1) is 0 Å². The molecule has 0 radical (unpaired) electrons. The van der Waals surface area contributed by atoms with Crippen molar-refractivity contribution >= 4 is 17.7 Å². The van der Waals surface area contributed by atoms with E-state index in [1.165, 1.54) is 25.7 Å². The molecule has 2 saturated heterocycles. The summed E-state index contributed by atoms with van der Waals surface area (Å²) in [5.41, 5.74) is 3.29. The fourth-order valence-electron chi connectivity index (χ4n) is 5.33. The number of imide groups is 1. The largest absolute Gasteiger partial charge is 0.322 e. The predicted octanol–water partition coefficient (Wildman–Crippen LogP) is 1.07. The molecular weight excluding hydrogens is 368 g/mol. The lowest BCUT2D eigenvalue weighted by Crippen LogP contribution is -2.52. The molecule has 3 N–H and O–H groups in total. The maximum atomic E-state index is 12.9. The number of hydrogen-bond donors (Lipinski definition) is 3. The minimum Gasteiger partial charge on any atom is -0.322 e. The first-order valence-corrected chi connectivity index (χ1v) is 10.7. The second kappa shape index (κ2) is 7.22. The summed E-state index contributed by atoms with van der Waals surface area (Å²) in [5.74, 6) is -0.734. The molecule has 7 nitrogen and oxygen atoms in total. The summed E-state index contributed by atoms with van der Waals surface area (Å²) in [4.78, 5) is 38.0. The maximum Gasteiger partial charge on any atom is 0.255 e. The van der Waals surface area contributed by atoms with Crippen LogP contribution in [0.4, 0.5) is 0 Å². The molecule has 29 heavy (non-hydrogen) atoms. The van der Waals surface area contributed by atoms with Crippen LogP contribution >= 0.6 is 0 Å². The third-order valence-corrected chi connectivity index (χ3v) is 7.17. The third-order valence-electron chi connectivity index (χ3n) is 7.17. The van der Waals surface area contributed by atoms with E-state index < -0.39 is 6.04 Å². The third kappa shape index (κ3) is 3.46. The van der Waals surface area contributed by atoms with Crippen molar-refractivity contribution < 1.29 is 14.4 Å². The van der Waals surface area contributed by atoms with E-state index in [2.05, 4.69) is 22.0 Å². The number of nitrogens with one attached hydrogen (secondary N) is 3.